The predicted molar refractivity (Wildman–Crippen MR) is 56.2 cm³/mol. The van der Waals surface area contributed by atoms with Crippen LogP contribution in [0.3, 0.4) is 0 Å². The molecule has 2 rings (SSSR count). The molecule has 0 amide bonds. The molecule has 1 aliphatic heterocycles. The summed E-state index contributed by atoms with van der Waals surface area (Å²) in [4.78, 5) is 2.07. The number of hydrogen-bond donors (Lipinski definition) is 1. The Bertz CT molecular complexity index is 343. The Hall–Kier alpha value is -0.800. The highest BCUT2D eigenvalue weighted by molar-refractivity contribution is 6.30. The van der Waals surface area contributed by atoms with E-state index in [1.807, 2.05) is 6.07 Å². The van der Waals surface area contributed by atoms with Gasteiger partial charge in [-0.15, -0.1) is 0 Å². The van der Waals surface area contributed by atoms with Crippen molar-refractivity contribution in [1.29, 1.82) is 0 Å². The lowest BCUT2D eigenvalue weighted by atomic mass is 10.3. The minimum atomic E-state index is -0.371. The Labute approximate surface area is 87.5 Å². The summed E-state index contributed by atoms with van der Waals surface area (Å²) < 4.78 is 13.1. The zero-order valence-electron chi connectivity index (χ0n) is 7.71. The van der Waals surface area contributed by atoms with Gasteiger partial charge in [0.2, 0.25) is 0 Å². The van der Waals surface area contributed by atoms with Gasteiger partial charge in [0, 0.05) is 24.8 Å². The fraction of sp³-hybridized carbons (Fsp3) is 0.400. The topological polar surface area (TPSA) is 29.3 Å². The third kappa shape index (κ3) is 1.83. The van der Waals surface area contributed by atoms with Crippen LogP contribution >= 0.6 is 11.6 Å². The second-order valence-electron chi connectivity index (χ2n) is 3.59. The molecule has 1 atom stereocenters. The molecular formula is C10H12ClFN2. The molecule has 1 saturated heterocycles. The van der Waals surface area contributed by atoms with Crippen molar-refractivity contribution in [2.75, 3.05) is 18.0 Å². The summed E-state index contributed by atoms with van der Waals surface area (Å²) in [6, 6.07) is 5.06. The lowest BCUT2D eigenvalue weighted by molar-refractivity contribution is 0.627. The first-order valence-corrected chi connectivity index (χ1v) is 5.00. The average molecular weight is 215 g/mol. The lowest BCUT2D eigenvalue weighted by Gasteiger charge is -2.18. The molecule has 1 aromatic rings. The molecule has 0 spiro atoms. The van der Waals surface area contributed by atoms with Gasteiger partial charge in [0.15, 0.2) is 0 Å². The van der Waals surface area contributed by atoms with Crippen LogP contribution in [-0.4, -0.2) is 19.1 Å². The van der Waals surface area contributed by atoms with E-state index in [-0.39, 0.29) is 16.9 Å². The maximum Gasteiger partial charge on any atom is 0.143 e. The lowest BCUT2D eigenvalue weighted by Crippen LogP contribution is -2.26. The molecule has 0 aromatic heterocycles. The quantitative estimate of drug-likeness (QED) is 0.775. The fourth-order valence-corrected chi connectivity index (χ4v) is 1.82. The van der Waals surface area contributed by atoms with Crippen molar-refractivity contribution in [3.8, 4) is 0 Å². The zero-order valence-corrected chi connectivity index (χ0v) is 8.47. The van der Waals surface area contributed by atoms with E-state index in [2.05, 4.69) is 4.90 Å². The molecule has 2 N–H and O–H groups in total. The van der Waals surface area contributed by atoms with Crippen LogP contribution in [0.1, 0.15) is 6.42 Å². The summed E-state index contributed by atoms with van der Waals surface area (Å²) in [6.07, 6.45) is 0.963. The first-order chi connectivity index (χ1) is 6.66. The molecule has 0 bridgehead atoms. The highest BCUT2D eigenvalue weighted by atomic mass is 35.5. The molecule has 2 nitrogen and oxygen atoms in total. The molecule has 14 heavy (non-hydrogen) atoms. The number of benzene rings is 1. The van der Waals surface area contributed by atoms with Gasteiger partial charge < -0.3 is 10.6 Å². The van der Waals surface area contributed by atoms with Crippen LogP contribution in [0.2, 0.25) is 5.02 Å². The first kappa shape index (κ1) is 9.74. The van der Waals surface area contributed by atoms with Gasteiger partial charge in [-0.05, 0) is 24.6 Å². The third-order valence-corrected chi connectivity index (χ3v) is 2.80. The van der Waals surface area contributed by atoms with Crippen molar-refractivity contribution in [3.05, 3.63) is 29.0 Å². The molecule has 76 valence electrons. The first-order valence-electron chi connectivity index (χ1n) is 4.62. The number of hydrogen-bond acceptors (Lipinski definition) is 2. The van der Waals surface area contributed by atoms with Crippen molar-refractivity contribution < 1.29 is 4.39 Å². The molecule has 0 radical (unpaired) electrons. The number of nitrogens with zero attached hydrogens (tertiary/aromatic N) is 1. The molecule has 1 heterocycles. The Morgan fingerprint density at radius 2 is 2.29 bits per heavy atom. The monoisotopic (exact) mass is 214 g/mol. The van der Waals surface area contributed by atoms with Gasteiger partial charge in [-0.25, -0.2) is 4.39 Å². The predicted octanol–water partition coefficient (Wildman–Crippen LogP) is 2.02. The maximum atomic E-state index is 13.1. The second-order valence-corrected chi connectivity index (χ2v) is 4.00. The number of rotatable bonds is 1. The summed E-state index contributed by atoms with van der Waals surface area (Å²) >= 11 is 5.60. The maximum absolute atomic E-state index is 13.1. The van der Waals surface area contributed by atoms with E-state index in [0.29, 0.717) is 0 Å². The standard InChI is InChI=1S/C10H12ClFN2/c11-9-2-1-8(5-10(9)12)14-4-3-7(13)6-14/h1-2,5,7H,3-4,6,13H2. The molecular weight excluding hydrogens is 203 g/mol. The third-order valence-electron chi connectivity index (χ3n) is 2.49. The van der Waals surface area contributed by atoms with Crippen LogP contribution in [0.15, 0.2) is 18.2 Å². The SMILES string of the molecule is NC1CCN(c2ccc(Cl)c(F)c2)C1. The van der Waals surface area contributed by atoms with Crippen LogP contribution in [0.5, 0.6) is 0 Å². The van der Waals surface area contributed by atoms with E-state index in [0.717, 1.165) is 25.2 Å². The molecule has 0 aliphatic carbocycles. The van der Waals surface area contributed by atoms with Gasteiger partial charge in [0.05, 0.1) is 5.02 Å². The molecule has 0 saturated carbocycles. The van der Waals surface area contributed by atoms with Gasteiger partial charge in [0.25, 0.3) is 0 Å². The van der Waals surface area contributed by atoms with Crippen molar-refractivity contribution in [1.82, 2.24) is 0 Å². The normalized spacial score (nSPS) is 21.6. The molecule has 1 unspecified atom stereocenters. The van der Waals surface area contributed by atoms with Crippen LogP contribution in [0.25, 0.3) is 0 Å². The van der Waals surface area contributed by atoms with Crippen LogP contribution < -0.4 is 10.6 Å². The average Bonchev–Trinajstić information content (AvgIpc) is 2.57. The van der Waals surface area contributed by atoms with E-state index in [9.17, 15) is 4.39 Å². The molecule has 1 aromatic carbocycles. The Morgan fingerprint density at radius 3 is 2.86 bits per heavy atom. The number of halogens is 2. The van der Waals surface area contributed by atoms with Gasteiger partial charge in [0.1, 0.15) is 5.82 Å². The van der Waals surface area contributed by atoms with Gasteiger partial charge in [-0.2, -0.15) is 0 Å². The van der Waals surface area contributed by atoms with E-state index in [1.165, 1.54) is 6.07 Å². The van der Waals surface area contributed by atoms with Gasteiger partial charge in [-0.1, -0.05) is 11.6 Å². The fourth-order valence-electron chi connectivity index (χ4n) is 1.70. The van der Waals surface area contributed by atoms with Crippen molar-refractivity contribution >= 4 is 17.3 Å². The van der Waals surface area contributed by atoms with Crippen LogP contribution in [-0.2, 0) is 0 Å². The second kappa shape index (κ2) is 3.75. The number of nitrogens with two attached hydrogens (primary N) is 1. The minimum Gasteiger partial charge on any atom is -0.370 e. The van der Waals surface area contributed by atoms with Gasteiger partial charge in [-0.3, -0.25) is 0 Å². The van der Waals surface area contributed by atoms with Crippen molar-refractivity contribution in [3.63, 3.8) is 0 Å². The highest BCUT2D eigenvalue weighted by Crippen LogP contribution is 2.24. The Morgan fingerprint density at radius 1 is 1.50 bits per heavy atom. The largest absolute Gasteiger partial charge is 0.370 e. The van der Waals surface area contributed by atoms with Crippen molar-refractivity contribution in [2.24, 2.45) is 5.73 Å². The minimum absolute atomic E-state index is 0.164. The zero-order chi connectivity index (χ0) is 10.1. The summed E-state index contributed by atoms with van der Waals surface area (Å²) in [5.74, 6) is -0.371. The Kier molecular flexibility index (Phi) is 2.61. The Balaban J connectivity index is 2.20. The van der Waals surface area contributed by atoms with E-state index < -0.39 is 0 Å². The van der Waals surface area contributed by atoms with Crippen LogP contribution in [0.4, 0.5) is 10.1 Å². The number of anilines is 1. The highest BCUT2D eigenvalue weighted by Gasteiger charge is 2.19. The van der Waals surface area contributed by atoms with E-state index in [4.69, 9.17) is 17.3 Å². The summed E-state index contributed by atoms with van der Waals surface area (Å²) in [5, 5.41) is 0.164. The van der Waals surface area contributed by atoms with E-state index >= 15 is 0 Å². The summed E-state index contributed by atoms with van der Waals surface area (Å²) in [6.45, 7) is 1.68. The van der Waals surface area contributed by atoms with Crippen molar-refractivity contribution in [2.45, 2.75) is 12.5 Å². The van der Waals surface area contributed by atoms with Crippen LogP contribution in [0, 0.1) is 5.82 Å². The van der Waals surface area contributed by atoms with Gasteiger partial charge >= 0.3 is 0 Å². The summed E-state index contributed by atoms with van der Waals surface area (Å²) in [5.41, 5.74) is 6.63. The smallest absolute Gasteiger partial charge is 0.143 e. The van der Waals surface area contributed by atoms with E-state index in [1.54, 1.807) is 6.07 Å². The molecule has 1 aliphatic rings. The molecule has 4 heteroatoms. The summed E-state index contributed by atoms with van der Waals surface area (Å²) in [7, 11) is 0. The molecule has 1 fully saturated rings.